The Morgan fingerprint density at radius 2 is 1.03 bits per heavy atom. The van der Waals surface area contributed by atoms with Crippen LogP contribution in [0.3, 0.4) is 0 Å². The number of halogens is 12. The average Bonchev–Trinajstić information content (AvgIpc) is 1.67. The SMILES string of the molecule is CC(=O)CN.CC(C)(N)C(=O)O.CC1(C)Nc2cc(F)cc(F)c2CC1=O.CC1(C)Nc2cc(F)cc(F)c2CC1=S.CCCCO.Cc1nnc2n1-c1c(F)cc(F)cc1NC2(C)C.Cc1nnc2n1-c1c(cc(F)c(Br)c1F)NC2(C)C.Nc1c(F)cc(F)cc1Br.[B]=NS. The Labute approximate surface area is 583 Å². The maximum absolute atomic E-state index is 14.3. The molecule has 0 atom stereocenters. The number of aliphatic hydroxyl groups is 1. The first-order chi connectivity index (χ1) is 44.7. The second kappa shape index (κ2) is 34.9. The molecule has 0 aliphatic carbocycles. The van der Waals surface area contributed by atoms with Crippen LogP contribution in [0.25, 0.3) is 11.4 Å². The first-order valence-corrected chi connectivity index (χ1v) is 31.5. The Kier molecular flexibility index (Phi) is 30.2. The molecule has 12 N–H and O–H groups in total. The molecule has 0 fully saturated rings. The summed E-state index contributed by atoms with van der Waals surface area (Å²) in [6.45, 7) is 25.1. The van der Waals surface area contributed by atoms with Gasteiger partial charge in [-0.15, -0.1) is 20.4 Å². The fourth-order valence-electron chi connectivity index (χ4n) is 8.72. The van der Waals surface area contributed by atoms with E-state index >= 15 is 0 Å². The molecule has 5 aromatic carbocycles. The molecule has 19 nitrogen and oxygen atoms in total. The Bertz CT molecular complexity index is 3920. The Balaban J connectivity index is 0.000000298. The molecule has 34 heteroatoms. The van der Waals surface area contributed by atoms with E-state index in [4.69, 9.17) is 39.6 Å². The van der Waals surface area contributed by atoms with E-state index in [1.54, 1.807) is 36.8 Å². The van der Waals surface area contributed by atoms with Crippen LogP contribution in [0.1, 0.15) is 130 Å². The zero-order chi connectivity index (χ0) is 74.4. The normalized spacial score (nSPS) is 14.4. The van der Waals surface area contributed by atoms with Gasteiger partial charge < -0.3 is 48.7 Å². The molecular formula is C63H76BBr2F10N14O5S2. The van der Waals surface area contributed by atoms with Crippen LogP contribution < -0.4 is 38.5 Å². The molecular weight excluding hydrogens is 1460 g/mol. The quantitative estimate of drug-likeness (QED) is 0.0196. The number of carbonyl (C=O) groups is 3. The molecule has 4 aliphatic rings. The van der Waals surface area contributed by atoms with Crippen molar-refractivity contribution in [3.63, 3.8) is 0 Å². The molecule has 0 saturated carbocycles. The van der Waals surface area contributed by atoms with Gasteiger partial charge in [0, 0.05) is 81.6 Å². The molecule has 0 amide bonds. The standard InChI is InChI=1S/C12H11BrF2N4.C12H12F2N4.C11H11F2NO.C11H11F2NS.C6H4BrF2N.C4H9NO2.C4H10O.C3H7NO.BHNS/c1-5-17-18-11-12(2,3)16-7-4-6(14)8(13)9(15)10(7)19(5)11;1-6-16-17-11-12(2,3)15-9-5-7(13)4-8(14)10(9)18(6)11;2*1-11(2)10(15)5-7-8(13)3-6(12)4-9(7)14-11;7-4-1-3(8)2-5(9)6(4)10;1-4(2,5)3(6)7;1-2-3-4-5;1-3(5)2-4;1-2-3/h4,16H,1-3H3;4-5,15H,1-3H3;2*3-4,14H,5H2,1-2H3;1-2H,10H2;5H2,1-2H3,(H,6,7);5H,2-4H2,1H3;2,4H2,1H3;3H. The van der Waals surface area contributed by atoms with Gasteiger partial charge in [-0.3, -0.25) is 23.5 Å². The van der Waals surface area contributed by atoms with Gasteiger partial charge in [-0.05, 0) is 153 Å². The van der Waals surface area contributed by atoms with Crippen LogP contribution in [-0.2, 0) is 38.3 Å². The number of ketones is 2. The summed E-state index contributed by atoms with van der Waals surface area (Å²) in [6, 6.07) is 9.47. The van der Waals surface area contributed by atoms with Crippen molar-refractivity contribution < 1.29 is 68.5 Å². The molecule has 4 aliphatic heterocycles. The number of carbonyl (C=O) groups excluding carboxylic acids is 2. The summed E-state index contributed by atoms with van der Waals surface area (Å²) < 4.78 is 139. The number of Topliss-reactive ketones (excluding diaryl/α,β-unsaturated/α-hetero) is 2. The minimum atomic E-state index is -1.08. The van der Waals surface area contributed by atoms with Gasteiger partial charge >= 0.3 is 30.7 Å². The number of hydrogen-bond acceptors (Lipinski definition) is 18. The summed E-state index contributed by atoms with van der Waals surface area (Å²) in [5, 5.41) is 44.3. The van der Waals surface area contributed by atoms with Gasteiger partial charge in [0.2, 0.25) is 0 Å². The number of aliphatic carboxylic acids is 1. The number of benzene rings is 5. The number of thiocarbonyl (C=S) groups is 1. The van der Waals surface area contributed by atoms with E-state index in [-0.39, 0.29) is 61.6 Å². The van der Waals surface area contributed by atoms with Crippen molar-refractivity contribution in [2.75, 3.05) is 40.2 Å². The molecule has 527 valence electrons. The molecule has 0 unspecified atom stereocenters. The number of aryl methyl sites for hydroxylation is 2. The number of nitrogens with zero attached hydrogens (tertiary/aromatic N) is 7. The number of aromatic nitrogens is 6. The topological polar surface area (TPSA) is 292 Å². The molecule has 0 spiro atoms. The number of carboxylic acid groups (broad SMARTS) is 1. The summed E-state index contributed by atoms with van der Waals surface area (Å²) in [6.07, 6.45) is 2.44. The number of nitrogens with two attached hydrogens (primary N) is 3. The van der Waals surface area contributed by atoms with Crippen LogP contribution in [0.4, 0.5) is 72.3 Å². The van der Waals surface area contributed by atoms with Crippen LogP contribution in [-0.4, -0.2) is 99.5 Å². The third-order valence-electron chi connectivity index (χ3n) is 14.0. The van der Waals surface area contributed by atoms with E-state index in [2.05, 4.69) is 105 Å². The first-order valence-electron chi connectivity index (χ1n) is 29.1. The zero-order valence-electron chi connectivity index (χ0n) is 55.4. The van der Waals surface area contributed by atoms with Gasteiger partial charge in [0.25, 0.3) is 0 Å². The number of unbranched alkanes of at least 4 members (excludes halogenated alkanes) is 1. The molecule has 0 bridgehead atoms. The first kappa shape index (κ1) is 83.9. The molecule has 97 heavy (non-hydrogen) atoms. The molecule has 11 rings (SSSR count). The number of anilines is 5. The predicted molar refractivity (Wildman–Crippen MR) is 369 cm³/mol. The van der Waals surface area contributed by atoms with E-state index in [1.165, 1.54) is 45.0 Å². The number of nitrogens with one attached hydrogen (secondary N) is 4. The summed E-state index contributed by atoms with van der Waals surface area (Å²) in [7, 11) is 4.34. The number of rotatable bonds is 4. The number of thiol groups is 1. The maximum atomic E-state index is 14.3. The Morgan fingerprint density at radius 1 is 0.660 bits per heavy atom. The van der Waals surface area contributed by atoms with Gasteiger partial charge in [0.15, 0.2) is 29.1 Å². The van der Waals surface area contributed by atoms with Gasteiger partial charge in [-0.25, -0.2) is 43.9 Å². The fourth-order valence-corrected chi connectivity index (χ4v) is 9.62. The predicted octanol–water partition coefficient (Wildman–Crippen LogP) is 13.8. The van der Waals surface area contributed by atoms with E-state index in [1.807, 2.05) is 41.5 Å². The summed E-state index contributed by atoms with van der Waals surface area (Å²) in [4.78, 5) is 31.9. The van der Waals surface area contributed by atoms with Crippen LogP contribution >= 0.6 is 56.9 Å². The van der Waals surface area contributed by atoms with Crippen LogP contribution in [0.2, 0.25) is 0 Å². The number of aliphatic hydroxyl groups excluding tert-OH is 1. The van der Waals surface area contributed by atoms with Crippen LogP contribution in [0, 0.1) is 72.0 Å². The van der Waals surface area contributed by atoms with Crippen LogP contribution in [0.5, 0.6) is 0 Å². The van der Waals surface area contributed by atoms with E-state index < -0.39 is 86.3 Å². The van der Waals surface area contributed by atoms with Crippen molar-refractivity contribution in [2.45, 2.75) is 150 Å². The van der Waals surface area contributed by atoms with Gasteiger partial charge in [-0.2, -0.15) is 0 Å². The number of hydrogen-bond donors (Lipinski definition) is 10. The molecule has 6 heterocycles. The van der Waals surface area contributed by atoms with Gasteiger partial charge in [-0.1, -0.05) is 25.6 Å². The third-order valence-corrected chi connectivity index (χ3v) is 16.0. The summed E-state index contributed by atoms with van der Waals surface area (Å²) in [5.41, 5.74) is 14.6. The number of fused-ring (bicyclic) bond motifs is 8. The monoisotopic (exact) mass is 1530 g/mol. The second-order valence-corrected chi connectivity index (χ2v) is 26.8. The summed E-state index contributed by atoms with van der Waals surface area (Å²) in [5.74, 6) is -5.04. The Morgan fingerprint density at radius 3 is 1.43 bits per heavy atom. The molecule has 2 aromatic heterocycles. The van der Waals surface area contributed by atoms with E-state index in [9.17, 15) is 58.3 Å². The zero-order valence-corrected chi connectivity index (χ0v) is 60.3. The second-order valence-electron chi connectivity index (χ2n) is 24.4. The van der Waals surface area contributed by atoms with Crippen LogP contribution in [0.15, 0.2) is 67.8 Å². The molecule has 0 saturated heterocycles. The molecule has 7 aromatic rings. The number of nitrogen functional groups attached to an aromatic ring is 1. The Hall–Kier alpha value is -7.37. The van der Waals surface area contributed by atoms with Crippen molar-refractivity contribution in [3.05, 3.63) is 156 Å². The fraction of sp³-hybridized carbons (Fsp3) is 0.397. The van der Waals surface area contributed by atoms with E-state index in [0.29, 0.717) is 64.6 Å². The third kappa shape index (κ3) is 22.3. The van der Waals surface area contributed by atoms with Crippen molar-refractivity contribution >= 4 is 115 Å². The summed E-state index contributed by atoms with van der Waals surface area (Å²) >= 11 is 14.2. The number of carboxylic acids is 1. The van der Waals surface area contributed by atoms with Crippen molar-refractivity contribution in [1.29, 1.82) is 0 Å². The van der Waals surface area contributed by atoms with Crippen molar-refractivity contribution in [1.82, 2.24) is 29.5 Å². The van der Waals surface area contributed by atoms with Gasteiger partial charge in [0.05, 0.1) is 50.2 Å². The van der Waals surface area contributed by atoms with Crippen molar-refractivity contribution in [3.8, 4) is 11.4 Å². The molecule has 1 radical (unpaired) electrons. The average molecular weight is 1530 g/mol. The van der Waals surface area contributed by atoms with E-state index in [0.717, 1.165) is 48.0 Å². The van der Waals surface area contributed by atoms with Crippen molar-refractivity contribution in [2.24, 2.45) is 15.8 Å². The minimum absolute atomic E-state index is 0.0153. The van der Waals surface area contributed by atoms with Gasteiger partial charge in [0.1, 0.15) is 80.9 Å².